The average Bonchev–Trinajstić information content (AvgIpc) is 2.36. The maximum atomic E-state index is 10.3. The maximum Gasteiger partial charge on any atom is 0.101 e. The molecule has 3 rings (SSSR count). The van der Waals surface area contributed by atoms with Gasteiger partial charge in [-0.3, -0.25) is 0 Å². The van der Waals surface area contributed by atoms with E-state index in [1.807, 2.05) is 24.3 Å². The van der Waals surface area contributed by atoms with Crippen LogP contribution in [0.3, 0.4) is 0 Å². The van der Waals surface area contributed by atoms with Crippen LogP contribution in [-0.4, -0.2) is 10.2 Å². The van der Waals surface area contributed by atoms with E-state index in [1.54, 1.807) is 0 Å². The lowest BCUT2D eigenvalue weighted by atomic mass is 9.78. The van der Waals surface area contributed by atoms with E-state index < -0.39 is 12.2 Å². The van der Waals surface area contributed by atoms with Crippen LogP contribution in [0, 0.1) is 0 Å². The van der Waals surface area contributed by atoms with Crippen molar-refractivity contribution >= 4 is 0 Å². The van der Waals surface area contributed by atoms with E-state index >= 15 is 0 Å². The predicted molar refractivity (Wildman–Crippen MR) is 61.8 cm³/mol. The van der Waals surface area contributed by atoms with Crippen molar-refractivity contribution in [1.29, 1.82) is 0 Å². The third-order valence-corrected chi connectivity index (χ3v) is 3.50. The molecule has 1 aromatic carbocycles. The lowest BCUT2D eigenvalue weighted by Crippen LogP contribution is -2.20. The molecule has 2 heteroatoms. The number of benzene rings is 1. The molecular weight excluding hydrogens is 200 g/mol. The van der Waals surface area contributed by atoms with E-state index in [0.29, 0.717) is 0 Å². The molecular formula is C14H14O2. The number of aliphatic hydroxyl groups excluding tert-OH is 2. The Hall–Kier alpha value is -1.38. The van der Waals surface area contributed by atoms with Crippen LogP contribution in [-0.2, 0) is 0 Å². The van der Waals surface area contributed by atoms with Crippen LogP contribution < -0.4 is 0 Å². The minimum absolute atomic E-state index is 0.542. The second-order valence-corrected chi connectivity index (χ2v) is 4.36. The smallest absolute Gasteiger partial charge is 0.101 e. The Balaban J connectivity index is 2.15. The highest BCUT2D eigenvalue weighted by atomic mass is 16.3. The van der Waals surface area contributed by atoms with E-state index in [2.05, 4.69) is 12.2 Å². The highest BCUT2D eigenvalue weighted by Gasteiger charge is 2.31. The van der Waals surface area contributed by atoms with E-state index in [-0.39, 0.29) is 0 Å². The molecule has 0 radical (unpaired) electrons. The van der Waals surface area contributed by atoms with Gasteiger partial charge in [-0.1, -0.05) is 36.4 Å². The Labute approximate surface area is 94.5 Å². The summed E-state index contributed by atoms with van der Waals surface area (Å²) in [5.74, 6) is 0. The van der Waals surface area contributed by atoms with E-state index in [4.69, 9.17) is 0 Å². The van der Waals surface area contributed by atoms with Crippen LogP contribution in [0.2, 0.25) is 0 Å². The van der Waals surface area contributed by atoms with Crippen molar-refractivity contribution in [3.05, 3.63) is 58.7 Å². The van der Waals surface area contributed by atoms with E-state index in [0.717, 1.165) is 35.1 Å². The first-order chi connectivity index (χ1) is 7.79. The van der Waals surface area contributed by atoms with Gasteiger partial charge in [-0.05, 0) is 35.1 Å². The number of rotatable bonds is 0. The Morgan fingerprint density at radius 1 is 0.812 bits per heavy atom. The van der Waals surface area contributed by atoms with Crippen molar-refractivity contribution in [2.75, 3.05) is 0 Å². The van der Waals surface area contributed by atoms with E-state index in [1.165, 1.54) is 0 Å². The monoisotopic (exact) mass is 214 g/mol. The Morgan fingerprint density at radius 2 is 1.25 bits per heavy atom. The highest BCUT2D eigenvalue weighted by molar-refractivity contribution is 5.47. The topological polar surface area (TPSA) is 40.5 Å². The third-order valence-electron chi connectivity index (χ3n) is 3.50. The minimum atomic E-state index is -0.542. The van der Waals surface area contributed by atoms with E-state index in [9.17, 15) is 10.2 Å². The molecule has 16 heavy (non-hydrogen) atoms. The second-order valence-electron chi connectivity index (χ2n) is 4.36. The molecule has 2 N–H and O–H groups in total. The van der Waals surface area contributed by atoms with Crippen molar-refractivity contribution in [1.82, 2.24) is 0 Å². The molecule has 0 saturated heterocycles. The van der Waals surface area contributed by atoms with Crippen LogP contribution in [0.4, 0.5) is 0 Å². The lowest BCUT2D eigenvalue weighted by molar-refractivity contribution is 0.164. The first kappa shape index (κ1) is 9.82. The summed E-state index contributed by atoms with van der Waals surface area (Å²) in [6, 6.07) is 7.59. The van der Waals surface area contributed by atoms with Gasteiger partial charge in [0.1, 0.15) is 12.2 Å². The zero-order valence-corrected chi connectivity index (χ0v) is 8.93. The SMILES string of the molecule is OC1C2=C(CC=CC2)C(O)c2ccccc21. The summed E-state index contributed by atoms with van der Waals surface area (Å²) in [6.45, 7) is 0. The molecule has 2 nitrogen and oxygen atoms in total. The number of allylic oxidation sites excluding steroid dienone is 2. The highest BCUT2D eigenvalue weighted by Crippen LogP contribution is 2.44. The van der Waals surface area contributed by atoms with Gasteiger partial charge in [0.15, 0.2) is 0 Å². The fourth-order valence-electron chi connectivity index (χ4n) is 2.64. The second kappa shape index (κ2) is 3.58. The standard InChI is InChI=1S/C14H14O2/c15-13-9-5-1-2-6-10(9)14(16)12-8-4-3-7-11(12)13/h1-6,13-16H,7-8H2. The average molecular weight is 214 g/mol. The lowest BCUT2D eigenvalue weighted by Gasteiger charge is -2.32. The Bertz CT molecular complexity index is 442. The molecule has 2 aliphatic rings. The molecule has 0 spiro atoms. The fourth-order valence-corrected chi connectivity index (χ4v) is 2.64. The van der Waals surface area contributed by atoms with Crippen molar-refractivity contribution < 1.29 is 10.2 Å². The summed E-state index contributed by atoms with van der Waals surface area (Å²) in [6.07, 6.45) is 4.54. The molecule has 0 fully saturated rings. The van der Waals surface area contributed by atoms with Crippen molar-refractivity contribution in [2.45, 2.75) is 25.0 Å². The van der Waals surface area contributed by atoms with Crippen LogP contribution in [0.5, 0.6) is 0 Å². The normalized spacial score (nSPS) is 27.6. The zero-order valence-electron chi connectivity index (χ0n) is 8.93. The van der Waals surface area contributed by atoms with Crippen molar-refractivity contribution in [3.8, 4) is 0 Å². The Morgan fingerprint density at radius 3 is 1.69 bits per heavy atom. The summed E-state index contributed by atoms with van der Waals surface area (Å²) in [7, 11) is 0. The van der Waals surface area contributed by atoms with Gasteiger partial charge in [-0.15, -0.1) is 0 Å². The summed E-state index contributed by atoms with van der Waals surface area (Å²) >= 11 is 0. The van der Waals surface area contributed by atoms with Gasteiger partial charge in [0.2, 0.25) is 0 Å². The summed E-state index contributed by atoms with van der Waals surface area (Å²) in [5.41, 5.74) is 3.66. The first-order valence-corrected chi connectivity index (χ1v) is 5.61. The summed E-state index contributed by atoms with van der Waals surface area (Å²) in [4.78, 5) is 0. The van der Waals surface area contributed by atoms with Crippen LogP contribution in [0.15, 0.2) is 47.6 Å². The largest absolute Gasteiger partial charge is 0.384 e. The van der Waals surface area contributed by atoms with Gasteiger partial charge >= 0.3 is 0 Å². The fraction of sp³-hybridized carbons (Fsp3) is 0.286. The molecule has 0 bridgehead atoms. The first-order valence-electron chi connectivity index (χ1n) is 5.61. The Kier molecular flexibility index (Phi) is 2.20. The van der Waals surface area contributed by atoms with Crippen LogP contribution >= 0.6 is 0 Å². The molecule has 0 heterocycles. The summed E-state index contributed by atoms with van der Waals surface area (Å²) in [5, 5.41) is 20.5. The van der Waals surface area contributed by atoms with Crippen LogP contribution in [0.1, 0.15) is 36.2 Å². The van der Waals surface area contributed by atoms with Gasteiger partial charge in [-0.2, -0.15) is 0 Å². The molecule has 82 valence electrons. The molecule has 0 aromatic heterocycles. The predicted octanol–water partition coefficient (Wildman–Crippen LogP) is 2.41. The number of hydrogen-bond donors (Lipinski definition) is 2. The van der Waals surface area contributed by atoms with Crippen molar-refractivity contribution in [3.63, 3.8) is 0 Å². The zero-order chi connectivity index (χ0) is 11.1. The molecule has 2 unspecified atom stereocenters. The van der Waals surface area contributed by atoms with Gasteiger partial charge in [0, 0.05) is 0 Å². The molecule has 0 saturated carbocycles. The van der Waals surface area contributed by atoms with Crippen LogP contribution in [0.25, 0.3) is 0 Å². The quantitative estimate of drug-likeness (QED) is 0.651. The van der Waals surface area contributed by atoms with Gasteiger partial charge in [0.25, 0.3) is 0 Å². The van der Waals surface area contributed by atoms with Gasteiger partial charge < -0.3 is 10.2 Å². The van der Waals surface area contributed by atoms with Gasteiger partial charge in [0.05, 0.1) is 0 Å². The minimum Gasteiger partial charge on any atom is -0.384 e. The van der Waals surface area contributed by atoms with Gasteiger partial charge in [-0.25, -0.2) is 0 Å². The number of fused-ring (bicyclic) bond motifs is 1. The molecule has 0 aliphatic heterocycles. The molecule has 2 atom stereocenters. The molecule has 1 aromatic rings. The molecule has 2 aliphatic carbocycles. The maximum absolute atomic E-state index is 10.3. The number of hydrogen-bond acceptors (Lipinski definition) is 2. The summed E-state index contributed by atoms with van der Waals surface area (Å²) < 4.78 is 0. The number of aliphatic hydroxyl groups is 2. The third kappa shape index (κ3) is 1.27. The molecule has 0 amide bonds. The van der Waals surface area contributed by atoms with Crippen molar-refractivity contribution in [2.24, 2.45) is 0 Å².